The summed E-state index contributed by atoms with van der Waals surface area (Å²) in [6, 6.07) is 27.1. The molecule has 3 heterocycles. The zero-order valence-electron chi connectivity index (χ0n) is 45.4. The molecular formula is C63H79N5O9. The van der Waals surface area contributed by atoms with Crippen molar-refractivity contribution in [3.05, 3.63) is 141 Å². The number of aliphatic hydroxyl groups is 3. The number of phenols is 2. The minimum Gasteiger partial charge on any atom is -0.507 e. The topological polar surface area (TPSA) is 202 Å². The van der Waals surface area contributed by atoms with E-state index in [0.717, 1.165) is 80.5 Å². The van der Waals surface area contributed by atoms with Gasteiger partial charge in [-0.2, -0.15) is 0 Å². The molecule has 14 heteroatoms. The van der Waals surface area contributed by atoms with E-state index in [1.807, 2.05) is 38.4 Å². The third kappa shape index (κ3) is 11.2. The highest BCUT2D eigenvalue weighted by Crippen LogP contribution is 2.61. The predicted octanol–water partition coefficient (Wildman–Crippen LogP) is 8.45. The number of hydrogen-bond acceptors (Lipinski definition) is 13. The number of aryl methyl sites for hydroxylation is 2. The smallest absolute Gasteiger partial charge is 0.161 e. The fourth-order valence-corrected chi connectivity index (χ4v) is 13.1. The monoisotopic (exact) mass is 1050 g/mol. The maximum absolute atomic E-state index is 12.0. The summed E-state index contributed by atoms with van der Waals surface area (Å²) in [6.07, 6.45) is 8.67. The zero-order chi connectivity index (χ0) is 53.8. The highest BCUT2D eigenvalue weighted by Gasteiger charge is 2.51. The van der Waals surface area contributed by atoms with Gasteiger partial charge in [0, 0.05) is 79.2 Å². The Morgan fingerprint density at radius 3 is 2.52 bits per heavy atom. The average Bonchev–Trinajstić information content (AvgIpc) is 4.07. The Kier molecular flexibility index (Phi) is 16.7. The van der Waals surface area contributed by atoms with Gasteiger partial charge in [-0.25, -0.2) is 0 Å². The Morgan fingerprint density at radius 1 is 0.896 bits per heavy atom. The van der Waals surface area contributed by atoms with E-state index in [9.17, 15) is 25.5 Å². The van der Waals surface area contributed by atoms with E-state index in [1.165, 1.54) is 23.8 Å². The summed E-state index contributed by atoms with van der Waals surface area (Å²) in [6.45, 7) is 8.64. The first-order chi connectivity index (χ1) is 37.3. The van der Waals surface area contributed by atoms with E-state index in [0.29, 0.717) is 94.2 Å². The van der Waals surface area contributed by atoms with E-state index >= 15 is 0 Å². The average molecular weight is 1050 g/mol. The summed E-state index contributed by atoms with van der Waals surface area (Å²) in [5, 5.41) is 70.8. The van der Waals surface area contributed by atoms with Crippen LogP contribution in [0.25, 0.3) is 28.1 Å². The van der Waals surface area contributed by atoms with Gasteiger partial charge in [0.25, 0.3) is 0 Å². The highest BCUT2D eigenvalue weighted by atomic mass is 16.6. The van der Waals surface area contributed by atoms with Gasteiger partial charge in [0.15, 0.2) is 17.6 Å². The van der Waals surface area contributed by atoms with Crippen molar-refractivity contribution in [2.75, 3.05) is 66.9 Å². The fraction of sp³-hybridized carbons (Fsp3) is 0.460. The van der Waals surface area contributed by atoms with Crippen LogP contribution < -0.4 is 35.5 Å². The lowest BCUT2D eigenvalue weighted by Crippen LogP contribution is -2.56. The van der Waals surface area contributed by atoms with Crippen LogP contribution >= 0.6 is 0 Å². The van der Waals surface area contributed by atoms with Crippen molar-refractivity contribution < 1.29 is 44.5 Å². The number of nitrogens with one attached hydrogen (secondary N) is 5. The van der Waals surface area contributed by atoms with E-state index < -0.39 is 23.4 Å². The third-order valence-electron chi connectivity index (χ3n) is 16.3. The van der Waals surface area contributed by atoms with Crippen LogP contribution in [0.2, 0.25) is 0 Å². The Hall–Kier alpha value is -5.94. The van der Waals surface area contributed by atoms with E-state index in [2.05, 4.69) is 107 Å². The molecule has 77 heavy (non-hydrogen) atoms. The van der Waals surface area contributed by atoms with Gasteiger partial charge in [-0.3, -0.25) is 5.32 Å². The standard InChI is InChI=1S/C63H79N5O9/c1-38(2)30-62(3,73)34-66-36-67-35-63(75-37-64-4)31-51-48-29-50-55(41-15-19-52-40(25-41)21-23-68-52)44(32-65-22-9-13-39-11-7-6-8-12-39)27-49-53(71)20-18-46(56(49)50)57(48)60-47(17-16-45(33-70)76-60)59(51)77-61(63)43-26-42(14-10-24-69)58(72)54(28-43)74-5/h6-8,11-12,15,18-21,23,25-28,38,45,50,55,61,64-73H,9-10,13-14,16-17,22,24,29-37H2,1-5H3. The van der Waals surface area contributed by atoms with Gasteiger partial charge in [0.05, 0.1) is 26.0 Å². The molecule has 6 atom stereocenters. The molecule has 0 radical (unpaired) electrons. The van der Waals surface area contributed by atoms with Crippen molar-refractivity contribution in [3.63, 3.8) is 0 Å². The lowest BCUT2D eigenvalue weighted by Gasteiger charge is -2.48. The molecule has 4 aliphatic rings. The van der Waals surface area contributed by atoms with Crippen molar-refractivity contribution >= 4 is 17.0 Å². The van der Waals surface area contributed by atoms with Gasteiger partial charge in [0.2, 0.25) is 0 Å². The second-order valence-corrected chi connectivity index (χ2v) is 22.6. The number of hydrogen-bond donors (Lipinski definition) is 10. The van der Waals surface area contributed by atoms with E-state index in [-0.39, 0.29) is 43.3 Å². The summed E-state index contributed by atoms with van der Waals surface area (Å²) in [5.74, 6) is 2.12. The number of ether oxygens (including phenoxy) is 4. The summed E-state index contributed by atoms with van der Waals surface area (Å²) >= 11 is 0. The number of benzene rings is 5. The van der Waals surface area contributed by atoms with Crippen LogP contribution in [0.4, 0.5) is 0 Å². The molecule has 0 amide bonds. The number of aromatic hydroxyl groups is 2. The van der Waals surface area contributed by atoms with Gasteiger partial charge in [-0.05, 0) is 176 Å². The molecule has 1 aromatic heterocycles. The second-order valence-electron chi connectivity index (χ2n) is 22.6. The summed E-state index contributed by atoms with van der Waals surface area (Å²) < 4.78 is 27.7. The van der Waals surface area contributed by atoms with Crippen LogP contribution in [0.5, 0.6) is 28.7 Å². The lowest BCUT2D eigenvalue weighted by molar-refractivity contribution is -0.129. The Bertz CT molecular complexity index is 3060. The molecule has 0 saturated carbocycles. The number of methoxy groups -OCH3 is 1. The largest absolute Gasteiger partial charge is 0.507 e. The van der Waals surface area contributed by atoms with E-state index in [4.69, 9.17) is 18.9 Å². The van der Waals surface area contributed by atoms with Crippen molar-refractivity contribution in [2.45, 2.75) is 114 Å². The molecule has 0 saturated heterocycles. The molecule has 2 aliphatic carbocycles. The molecule has 0 spiro atoms. The van der Waals surface area contributed by atoms with Gasteiger partial charge in [-0.15, -0.1) is 0 Å². The highest BCUT2D eigenvalue weighted by molar-refractivity contribution is 5.90. The third-order valence-corrected chi connectivity index (χ3v) is 16.3. The van der Waals surface area contributed by atoms with Crippen LogP contribution in [0.1, 0.15) is 114 Å². The molecule has 2 aliphatic heterocycles. The van der Waals surface area contributed by atoms with Crippen LogP contribution in [0, 0.1) is 5.92 Å². The molecule has 10 N–H and O–H groups in total. The molecule has 6 unspecified atom stereocenters. The molecule has 14 nitrogen and oxygen atoms in total. The van der Waals surface area contributed by atoms with Gasteiger partial charge >= 0.3 is 0 Å². The molecule has 5 aromatic carbocycles. The van der Waals surface area contributed by atoms with Gasteiger partial charge in [-0.1, -0.05) is 56.3 Å². The minimum atomic E-state index is -1.08. The van der Waals surface area contributed by atoms with Crippen molar-refractivity contribution in [2.24, 2.45) is 5.92 Å². The number of phenolic OH excluding ortho intramolecular Hbond substituents is 2. The van der Waals surface area contributed by atoms with E-state index in [1.54, 1.807) is 0 Å². The fourth-order valence-electron chi connectivity index (χ4n) is 13.1. The van der Waals surface area contributed by atoms with Gasteiger partial charge < -0.3 is 65.4 Å². The van der Waals surface area contributed by atoms with Crippen LogP contribution in [-0.2, 0) is 36.8 Å². The first-order valence-electron chi connectivity index (χ1n) is 27.8. The number of aromatic amines is 1. The minimum absolute atomic E-state index is 0.0193. The van der Waals surface area contributed by atoms with Crippen molar-refractivity contribution in [1.82, 2.24) is 26.3 Å². The summed E-state index contributed by atoms with van der Waals surface area (Å²) in [7, 11) is 3.40. The first-order valence-corrected chi connectivity index (χ1v) is 27.8. The number of aliphatic hydroxyl groups excluding tert-OH is 2. The Labute approximate surface area is 453 Å². The molecule has 410 valence electrons. The first kappa shape index (κ1) is 54.4. The van der Waals surface area contributed by atoms with Crippen molar-refractivity contribution in [1.29, 1.82) is 0 Å². The Morgan fingerprint density at radius 2 is 1.74 bits per heavy atom. The Balaban J connectivity index is 1.12. The predicted molar refractivity (Wildman–Crippen MR) is 302 cm³/mol. The normalized spacial score (nSPS) is 21.1. The quantitative estimate of drug-likeness (QED) is 0.0205. The number of fused-ring (bicyclic) bond motifs is 8. The molecule has 0 bridgehead atoms. The molecule has 10 rings (SSSR count). The molecule has 6 aromatic rings. The maximum atomic E-state index is 12.0. The summed E-state index contributed by atoms with van der Waals surface area (Å²) in [5.41, 5.74) is 11.0. The number of H-pyrrole nitrogens is 1. The second kappa shape index (κ2) is 23.6. The van der Waals surface area contributed by atoms with Crippen LogP contribution in [0.3, 0.4) is 0 Å². The number of aromatic nitrogens is 1. The summed E-state index contributed by atoms with van der Waals surface area (Å²) in [4.78, 5) is 3.40. The van der Waals surface area contributed by atoms with Crippen LogP contribution in [-0.4, -0.2) is 115 Å². The number of rotatable bonds is 24. The zero-order valence-corrected chi connectivity index (χ0v) is 45.4. The molecule has 0 fully saturated rings. The van der Waals surface area contributed by atoms with Crippen LogP contribution in [0.15, 0.2) is 90.6 Å². The SMILES string of the molecule is CNCOC1(CNCNCC(C)(O)CC(C)C)Cc2c3c(c4c(c2OC1c1cc(CCCO)c(O)c(OC)c1)CCC(CO)O4)-c1ccc(O)c2c1C(C3)C(c1ccc3[nH]ccc3c1)C(CNCCCc1ccccc1)=C2. The maximum Gasteiger partial charge on any atom is 0.161 e. The molecular weight excluding hydrogens is 971 g/mol. The lowest BCUT2D eigenvalue weighted by atomic mass is 9.62. The van der Waals surface area contributed by atoms with Crippen molar-refractivity contribution in [3.8, 4) is 39.9 Å². The van der Waals surface area contributed by atoms with Gasteiger partial charge in [0.1, 0.15) is 29.0 Å².